The van der Waals surface area contributed by atoms with Crippen molar-refractivity contribution >= 4 is 46.7 Å². The molecular weight excluding hydrogens is 530 g/mol. The maximum absolute atomic E-state index is 12.3. The van der Waals surface area contributed by atoms with E-state index in [0.717, 1.165) is 18.7 Å². The molecule has 0 spiro atoms. The Morgan fingerprint density at radius 1 is 1.13 bits per heavy atom. The Kier molecular flexibility index (Phi) is 7.20. The van der Waals surface area contributed by atoms with Crippen molar-refractivity contribution in [3.63, 3.8) is 0 Å². The Hall–Kier alpha value is -3.73. The summed E-state index contributed by atoms with van der Waals surface area (Å²) in [5, 5.41) is 19.8. The van der Waals surface area contributed by atoms with E-state index in [1.54, 1.807) is 47.5 Å². The van der Waals surface area contributed by atoms with Crippen molar-refractivity contribution in [2.24, 2.45) is 4.99 Å². The van der Waals surface area contributed by atoms with Crippen LogP contribution in [0.15, 0.2) is 82.0 Å². The number of anilines is 1. The summed E-state index contributed by atoms with van der Waals surface area (Å²) >= 11 is 7.38. The van der Waals surface area contributed by atoms with Crippen LogP contribution >= 0.6 is 23.4 Å². The van der Waals surface area contributed by atoms with Gasteiger partial charge in [-0.3, -0.25) is 9.89 Å². The molecule has 3 aliphatic rings. The summed E-state index contributed by atoms with van der Waals surface area (Å²) in [5.74, 6) is -1.69. The molecule has 0 saturated carbocycles. The molecule has 0 amide bonds. The van der Waals surface area contributed by atoms with E-state index in [-0.39, 0.29) is 22.7 Å². The van der Waals surface area contributed by atoms with Gasteiger partial charge in [-0.15, -0.1) is 0 Å². The Balaban J connectivity index is 1.56. The van der Waals surface area contributed by atoms with Gasteiger partial charge in [-0.25, -0.2) is 9.59 Å². The summed E-state index contributed by atoms with van der Waals surface area (Å²) in [6.45, 7) is 1.62. The van der Waals surface area contributed by atoms with Gasteiger partial charge in [-0.05, 0) is 43.0 Å². The lowest BCUT2D eigenvalue weighted by Crippen LogP contribution is -2.51. The monoisotopic (exact) mass is 553 g/mol. The number of carboxylic acids is 2. The Morgan fingerprint density at radius 2 is 1.87 bits per heavy atom. The van der Waals surface area contributed by atoms with Gasteiger partial charge in [0.05, 0.1) is 29.0 Å². The molecule has 0 bridgehead atoms. The fourth-order valence-electron chi connectivity index (χ4n) is 4.40. The van der Waals surface area contributed by atoms with Crippen LogP contribution in [0.2, 0.25) is 5.02 Å². The standard InChI is InChI=1S/C27H24ClN3O6S/c1-30-13-18(14-30)37-21-8-7-17(11-22(21)36-2)31-10-9-20-25(24(31)19(27(34)35)12-23(32)33)38-26(29-20)15-3-5-16(28)6-4-15/h3-12,18,26H,13-14H2,1-2H3,(H,32,33)(H,34,35)/b19-12+. The molecule has 2 N–H and O–H groups in total. The van der Waals surface area contributed by atoms with Crippen LogP contribution in [0.5, 0.6) is 11.5 Å². The molecule has 38 heavy (non-hydrogen) atoms. The molecule has 1 saturated heterocycles. The minimum absolute atomic E-state index is 0.0582. The molecule has 2 aromatic carbocycles. The fraction of sp³-hybridized carbons (Fsp3) is 0.222. The molecule has 3 aliphatic heterocycles. The number of thioether (sulfide) groups is 1. The zero-order valence-electron chi connectivity index (χ0n) is 20.5. The Labute approximate surface area is 228 Å². The maximum Gasteiger partial charge on any atom is 0.338 e. The minimum Gasteiger partial charge on any atom is -0.493 e. The van der Waals surface area contributed by atoms with E-state index in [9.17, 15) is 19.8 Å². The van der Waals surface area contributed by atoms with Crippen LogP contribution < -0.4 is 14.4 Å². The number of carboxylic acid groups (broad SMARTS) is 2. The summed E-state index contributed by atoms with van der Waals surface area (Å²) < 4.78 is 11.6. The predicted molar refractivity (Wildman–Crippen MR) is 146 cm³/mol. The number of benzene rings is 2. The average Bonchev–Trinajstić information content (AvgIpc) is 3.31. The van der Waals surface area contributed by atoms with Crippen molar-refractivity contribution in [3.8, 4) is 11.5 Å². The third kappa shape index (κ3) is 5.15. The molecule has 9 nitrogen and oxygen atoms in total. The van der Waals surface area contributed by atoms with Crippen molar-refractivity contribution in [1.29, 1.82) is 0 Å². The second kappa shape index (κ2) is 10.6. The first-order valence-electron chi connectivity index (χ1n) is 11.7. The second-order valence-corrected chi connectivity index (χ2v) is 10.4. The summed E-state index contributed by atoms with van der Waals surface area (Å²) in [6.07, 6.45) is 4.22. The molecule has 0 aliphatic carbocycles. The number of ether oxygens (including phenoxy) is 2. The van der Waals surface area contributed by atoms with Gasteiger partial charge in [-0.1, -0.05) is 35.5 Å². The van der Waals surface area contributed by atoms with Crippen LogP contribution in [0.4, 0.5) is 5.69 Å². The van der Waals surface area contributed by atoms with Crippen molar-refractivity contribution in [2.45, 2.75) is 11.5 Å². The number of likely N-dealkylation sites (N-methyl/N-ethyl adjacent to an activating group) is 1. The zero-order valence-corrected chi connectivity index (χ0v) is 22.1. The topological polar surface area (TPSA) is 112 Å². The zero-order chi connectivity index (χ0) is 27.0. The van der Waals surface area contributed by atoms with E-state index >= 15 is 0 Å². The smallest absolute Gasteiger partial charge is 0.338 e. The highest BCUT2D eigenvalue weighted by Crippen LogP contribution is 2.48. The van der Waals surface area contributed by atoms with Gasteiger partial charge < -0.3 is 24.6 Å². The number of carbonyl (C=O) groups is 2. The number of rotatable bonds is 8. The van der Waals surface area contributed by atoms with E-state index in [1.807, 2.05) is 19.2 Å². The van der Waals surface area contributed by atoms with Gasteiger partial charge in [-0.2, -0.15) is 0 Å². The highest BCUT2D eigenvalue weighted by molar-refractivity contribution is 8.04. The van der Waals surface area contributed by atoms with Gasteiger partial charge in [0.15, 0.2) is 11.5 Å². The number of aliphatic carboxylic acids is 2. The fourth-order valence-corrected chi connectivity index (χ4v) is 5.77. The van der Waals surface area contributed by atoms with Gasteiger partial charge in [0.1, 0.15) is 11.5 Å². The SMILES string of the molecule is COc1cc(N2C=CC3=NC(c4ccc(Cl)cc4)SC3=C2/C(=C\C(=O)O)C(=O)O)ccc1OC1CN(C)C1. The maximum atomic E-state index is 12.3. The Morgan fingerprint density at radius 3 is 2.50 bits per heavy atom. The van der Waals surface area contributed by atoms with Crippen molar-refractivity contribution < 1.29 is 29.3 Å². The van der Waals surface area contributed by atoms with Crippen LogP contribution in [0.25, 0.3) is 0 Å². The number of halogens is 1. The molecule has 3 heterocycles. The number of hydrogen-bond acceptors (Lipinski definition) is 8. The van der Waals surface area contributed by atoms with Crippen LogP contribution in [0, 0.1) is 0 Å². The number of likely N-dealkylation sites (tertiary alicyclic amines) is 1. The second-order valence-electron chi connectivity index (χ2n) is 8.90. The van der Waals surface area contributed by atoms with Crippen LogP contribution in [-0.4, -0.2) is 66.1 Å². The molecule has 0 radical (unpaired) electrons. The summed E-state index contributed by atoms with van der Waals surface area (Å²) in [5.41, 5.74) is 1.87. The molecule has 1 fully saturated rings. The molecule has 2 aromatic rings. The first-order chi connectivity index (χ1) is 18.2. The third-order valence-corrected chi connectivity index (χ3v) is 7.71. The van der Waals surface area contributed by atoms with Crippen molar-refractivity contribution in [3.05, 3.63) is 87.6 Å². The summed E-state index contributed by atoms with van der Waals surface area (Å²) in [4.78, 5) is 33.0. The van der Waals surface area contributed by atoms with Crippen molar-refractivity contribution in [2.75, 3.05) is 32.1 Å². The first kappa shape index (κ1) is 25.9. The lowest BCUT2D eigenvalue weighted by Gasteiger charge is -2.36. The summed E-state index contributed by atoms with van der Waals surface area (Å²) in [7, 11) is 3.55. The highest BCUT2D eigenvalue weighted by Gasteiger charge is 2.35. The van der Waals surface area contributed by atoms with Crippen molar-refractivity contribution in [1.82, 2.24) is 4.90 Å². The van der Waals surface area contributed by atoms with Gasteiger partial charge >= 0.3 is 11.9 Å². The number of hydrogen-bond donors (Lipinski definition) is 2. The molecule has 0 aromatic heterocycles. The number of aliphatic imine (C=N–C) groups is 1. The molecule has 196 valence electrons. The number of nitrogens with zero attached hydrogens (tertiary/aromatic N) is 3. The van der Waals surface area contributed by atoms with Crippen LogP contribution in [0.3, 0.4) is 0 Å². The van der Waals surface area contributed by atoms with E-state index in [1.165, 1.54) is 18.9 Å². The molecule has 11 heteroatoms. The molecular formula is C27H24ClN3O6S. The number of fused-ring (bicyclic) bond motifs is 1. The molecule has 1 unspecified atom stereocenters. The number of allylic oxidation sites excluding steroid dienone is 2. The Bertz CT molecular complexity index is 1410. The van der Waals surface area contributed by atoms with Gasteiger partial charge in [0.2, 0.25) is 0 Å². The van der Waals surface area contributed by atoms with Crippen LogP contribution in [0.1, 0.15) is 10.9 Å². The highest BCUT2D eigenvalue weighted by atomic mass is 35.5. The quantitative estimate of drug-likeness (QED) is 0.454. The normalized spacial score (nSPS) is 19.7. The van der Waals surface area contributed by atoms with E-state index in [2.05, 4.69) is 4.90 Å². The van der Waals surface area contributed by atoms with E-state index in [0.29, 0.717) is 38.9 Å². The van der Waals surface area contributed by atoms with E-state index < -0.39 is 11.9 Å². The average molecular weight is 554 g/mol. The molecule has 5 rings (SSSR count). The third-order valence-electron chi connectivity index (χ3n) is 6.21. The summed E-state index contributed by atoms with van der Waals surface area (Å²) in [6, 6.07) is 12.5. The number of methoxy groups -OCH3 is 1. The lowest BCUT2D eigenvalue weighted by molar-refractivity contribution is -0.134. The lowest BCUT2D eigenvalue weighted by atomic mass is 10.0. The van der Waals surface area contributed by atoms with Gasteiger partial charge in [0, 0.05) is 42.1 Å². The minimum atomic E-state index is -1.37. The predicted octanol–water partition coefficient (Wildman–Crippen LogP) is 4.57. The first-order valence-corrected chi connectivity index (χ1v) is 12.9. The largest absolute Gasteiger partial charge is 0.493 e. The van der Waals surface area contributed by atoms with Crippen LogP contribution in [-0.2, 0) is 9.59 Å². The van der Waals surface area contributed by atoms with E-state index in [4.69, 9.17) is 26.1 Å². The molecule has 1 atom stereocenters. The van der Waals surface area contributed by atoms with Gasteiger partial charge in [0.25, 0.3) is 0 Å².